The third-order valence-electron chi connectivity index (χ3n) is 4.73. The number of amides is 2. The number of hydrogen-bond acceptors (Lipinski definition) is 4. The van der Waals surface area contributed by atoms with Crippen LogP contribution in [0, 0.1) is 5.92 Å². The van der Waals surface area contributed by atoms with Gasteiger partial charge >= 0.3 is 11.9 Å². The minimum absolute atomic E-state index is 0.171. The lowest BCUT2D eigenvalue weighted by Gasteiger charge is -2.44. The molecule has 1 rings (SSSR count). The third-order valence-corrected chi connectivity index (χ3v) is 4.73. The molecule has 0 spiro atoms. The Hall–Kier alpha value is -2.64. The van der Waals surface area contributed by atoms with Gasteiger partial charge in [-0.2, -0.15) is 0 Å². The highest BCUT2D eigenvalue weighted by Gasteiger charge is 2.38. The maximum Gasteiger partial charge on any atom is 0.328 e. The molecular formula is C18H26N2O6. The highest BCUT2D eigenvalue weighted by atomic mass is 16.4. The van der Waals surface area contributed by atoms with Crippen LogP contribution in [0.3, 0.4) is 0 Å². The fraction of sp³-hybridized carbons (Fsp3) is 0.556. The zero-order valence-electron chi connectivity index (χ0n) is 15.2. The summed E-state index contributed by atoms with van der Waals surface area (Å²) in [6, 6.07) is 0. The second-order valence-electron chi connectivity index (χ2n) is 7.38. The molecule has 0 aromatic heterocycles. The van der Waals surface area contributed by atoms with E-state index in [9.17, 15) is 19.2 Å². The van der Waals surface area contributed by atoms with Crippen LogP contribution in [0.25, 0.3) is 0 Å². The van der Waals surface area contributed by atoms with Crippen LogP contribution in [0.4, 0.5) is 0 Å². The van der Waals surface area contributed by atoms with Crippen LogP contribution in [0.1, 0.15) is 46.5 Å². The van der Waals surface area contributed by atoms with Crippen LogP contribution in [0.15, 0.2) is 24.3 Å². The normalized spacial score (nSPS) is 23.7. The standard InChI is InChI=1S/C18H26N2O6/c1-17(2,19-13(21)4-6-15(23)24)12-8-10-18(3,11-9-12)20-14(22)5-7-16(25)26/h4-7,12H,8-11H2,1-3H3,(H,19,21)(H,20,22)(H,23,24)(H,25,26)/b6-4+,7-5-. The second kappa shape index (κ2) is 8.64. The van der Waals surface area contributed by atoms with Gasteiger partial charge < -0.3 is 20.8 Å². The van der Waals surface area contributed by atoms with E-state index in [1.165, 1.54) is 0 Å². The molecule has 8 nitrogen and oxygen atoms in total. The minimum Gasteiger partial charge on any atom is -0.478 e. The van der Waals surface area contributed by atoms with Gasteiger partial charge in [0.05, 0.1) is 0 Å². The van der Waals surface area contributed by atoms with Crippen LogP contribution in [0.2, 0.25) is 0 Å². The van der Waals surface area contributed by atoms with Crippen LogP contribution in [-0.4, -0.2) is 45.0 Å². The molecule has 144 valence electrons. The number of aliphatic carboxylic acids is 2. The summed E-state index contributed by atoms with van der Waals surface area (Å²) in [4.78, 5) is 44.6. The topological polar surface area (TPSA) is 133 Å². The first-order valence-electron chi connectivity index (χ1n) is 8.40. The predicted molar refractivity (Wildman–Crippen MR) is 94.3 cm³/mol. The number of hydrogen-bond donors (Lipinski definition) is 4. The Balaban J connectivity index is 2.60. The first-order chi connectivity index (χ1) is 11.9. The van der Waals surface area contributed by atoms with Crippen molar-refractivity contribution in [2.24, 2.45) is 5.92 Å². The van der Waals surface area contributed by atoms with Crippen LogP contribution in [-0.2, 0) is 19.2 Å². The first kappa shape index (κ1) is 21.4. The smallest absolute Gasteiger partial charge is 0.328 e. The van der Waals surface area contributed by atoms with Gasteiger partial charge in [0.1, 0.15) is 0 Å². The summed E-state index contributed by atoms with van der Waals surface area (Å²) >= 11 is 0. The molecule has 1 aliphatic rings. The van der Waals surface area contributed by atoms with Gasteiger partial charge in [0.25, 0.3) is 0 Å². The zero-order valence-corrected chi connectivity index (χ0v) is 15.2. The average molecular weight is 366 g/mol. The summed E-state index contributed by atoms with van der Waals surface area (Å²) < 4.78 is 0. The summed E-state index contributed by atoms with van der Waals surface area (Å²) in [6.45, 7) is 5.69. The monoisotopic (exact) mass is 366 g/mol. The van der Waals surface area contributed by atoms with E-state index in [-0.39, 0.29) is 5.92 Å². The van der Waals surface area contributed by atoms with E-state index < -0.39 is 34.8 Å². The van der Waals surface area contributed by atoms with E-state index in [2.05, 4.69) is 10.6 Å². The van der Waals surface area contributed by atoms with Gasteiger partial charge in [0, 0.05) is 35.4 Å². The molecule has 1 saturated carbocycles. The van der Waals surface area contributed by atoms with Gasteiger partial charge in [0.15, 0.2) is 0 Å². The van der Waals surface area contributed by atoms with E-state index in [0.717, 1.165) is 37.1 Å². The molecule has 26 heavy (non-hydrogen) atoms. The highest BCUT2D eigenvalue weighted by molar-refractivity contribution is 5.94. The molecule has 0 aromatic rings. The van der Waals surface area contributed by atoms with Crippen molar-refractivity contribution >= 4 is 23.8 Å². The Bertz CT molecular complexity index is 628. The van der Waals surface area contributed by atoms with Crippen molar-refractivity contribution in [3.05, 3.63) is 24.3 Å². The summed E-state index contributed by atoms with van der Waals surface area (Å²) in [6.07, 6.45) is 6.48. The molecule has 0 saturated heterocycles. The molecule has 1 aliphatic carbocycles. The summed E-state index contributed by atoms with van der Waals surface area (Å²) in [5.74, 6) is -3.09. The number of rotatable bonds is 7. The number of carbonyl (C=O) groups is 4. The molecule has 0 heterocycles. The van der Waals surface area contributed by atoms with E-state index >= 15 is 0 Å². The predicted octanol–water partition coefficient (Wildman–Crippen LogP) is 1.23. The third kappa shape index (κ3) is 7.08. The number of carboxylic acids is 2. The molecule has 0 bridgehead atoms. The molecule has 0 aliphatic heterocycles. The summed E-state index contributed by atoms with van der Waals surface area (Å²) in [5, 5.41) is 22.8. The van der Waals surface area contributed by atoms with Crippen molar-refractivity contribution in [2.45, 2.75) is 57.5 Å². The highest BCUT2D eigenvalue weighted by Crippen LogP contribution is 2.37. The van der Waals surface area contributed by atoms with E-state index in [1.807, 2.05) is 20.8 Å². The summed E-state index contributed by atoms with van der Waals surface area (Å²) in [7, 11) is 0. The van der Waals surface area contributed by atoms with Crippen molar-refractivity contribution < 1.29 is 29.4 Å². The lowest BCUT2D eigenvalue weighted by molar-refractivity contribution is -0.132. The molecule has 0 atom stereocenters. The summed E-state index contributed by atoms with van der Waals surface area (Å²) in [5.41, 5.74) is -0.950. The van der Waals surface area contributed by atoms with E-state index in [4.69, 9.17) is 10.2 Å². The molecule has 1 fully saturated rings. The Kier molecular flexibility index (Phi) is 7.11. The molecule has 8 heteroatoms. The fourth-order valence-electron chi connectivity index (χ4n) is 3.20. The van der Waals surface area contributed by atoms with Gasteiger partial charge in [-0.15, -0.1) is 0 Å². The first-order valence-corrected chi connectivity index (χ1v) is 8.40. The van der Waals surface area contributed by atoms with Crippen LogP contribution in [0.5, 0.6) is 0 Å². The fourth-order valence-corrected chi connectivity index (χ4v) is 3.20. The van der Waals surface area contributed by atoms with Gasteiger partial charge in [-0.3, -0.25) is 9.59 Å². The largest absolute Gasteiger partial charge is 0.478 e. The molecular weight excluding hydrogens is 340 g/mol. The molecule has 0 unspecified atom stereocenters. The Labute approximate surface area is 152 Å². The Morgan fingerprint density at radius 3 is 1.85 bits per heavy atom. The van der Waals surface area contributed by atoms with Gasteiger partial charge in [-0.1, -0.05) is 0 Å². The Morgan fingerprint density at radius 2 is 1.38 bits per heavy atom. The van der Waals surface area contributed by atoms with Gasteiger partial charge in [-0.05, 0) is 52.4 Å². The number of carboxylic acid groups (broad SMARTS) is 2. The lowest BCUT2D eigenvalue weighted by Crippen LogP contribution is -2.54. The van der Waals surface area contributed by atoms with Crippen molar-refractivity contribution in [3.8, 4) is 0 Å². The SMILES string of the molecule is CC1(NC(=O)/C=C\C(=O)O)CCC(C(C)(C)NC(=O)/C=C/C(=O)O)CC1. The molecule has 4 N–H and O–H groups in total. The second-order valence-corrected chi connectivity index (χ2v) is 7.38. The van der Waals surface area contributed by atoms with E-state index in [1.54, 1.807) is 0 Å². The van der Waals surface area contributed by atoms with E-state index in [0.29, 0.717) is 12.8 Å². The van der Waals surface area contributed by atoms with Crippen molar-refractivity contribution in [1.82, 2.24) is 10.6 Å². The quantitative estimate of drug-likeness (QED) is 0.501. The van der Waals surface area contributed by atoms with Gasteiger partial charge in [-0.25, -0.2) is 9.59 Å². The maximum absolute atomic E-state index is 11.8. The molecule has 2 amide bonds. The Morgan fingerprint density at radius 1 is 0.923 bits per heavy atom. The minimum atomic E-state index is -1.18. The molecule has 0 aromatic carbocycles. The van der Waals surface area contributed by atoms with Crippen LogP contribution >= 0.6 is 0 Å². The molecule has 0 radical (unpaired) electrons. The maximum atomic E-state index is 11.8. The average Bonchev–Trinajstić information content (AvgIpc) is 2.50. The van der Waals surface area contributed by atoms with Crippen molar-refractivity contribution in [2.75, 3.05) is 0 Å². The van der Waals surface area contributed by atoms with Crippen molar-refractivity contribution in [1.29, 1.82) is 0 Å². The van der Waals surface area contributed by atoms with Crippen molar-refractivity contribution in [3.63, 3.8) is 0 Å². The zero-order chi connectivity index (χ0) is 20.0. The number of nitrogens with one attached hydrogen (secondary N) is 2. The number of carbonyl (C=O) groups excluding carboxylic acids is 2. The lowest BCUT2D eigenvalue weighted by atomic mass is 9.70. The van der Waals surface area contributed by atoms with Crippen LogP contribution < -0.4 is 10.6 Å². The van der Waals surface area contributed by atoms with Gasteiger partial charge in [0.2, 0.25) is 11.8 Å².